The molecule has 0 aliphatic rings. The van der Waals surface area contributed by atoms with E-state index >= 15 is 0 Å². The van der Waals surface area contributed by atoms with Crippen molar-refractivity contribution in [2.24, 2.45) is 0 Å². The summed E-state index contributed by atoms with van der Waals surface area (Å²) in [6.45, 7) is 0.205. The SMILES string of the molecule is Fc1ccc(CNc2c(F)cccc2Br)cc1F. The zero-order valence-electron chi connectivity index (χ0n) is 9.18. The summed E-state index contributed by atoms with van der Waals surface area (Å²) in [5.41, 5.74) is 0.825. The van der Waals surface area contributed by atoms with E-state index in [0.717, 1.165) is 12.1 Å². The summed E-state index contributed by atoms with van der Waals surface area (Å²) < 4.78 is 39.7. The predicted octanol–water partition coefficient (Wildman–Crippen LogP) is 4.48. The number of hydrogen-bond donors (Lipinski definition) is 1. The van der Waals surface area contributed by atoms with E-state index in [1.54, 1.807) is 12.1 Å². The third-order valence-corrected chi connectivity index (χ3v) is 3.08. The van der Waals surface area contributed by atoms with Gasteiger partial charge in [0.15, 0.2) is 11.6 Å². The van der Waals surface area contributed by atoms with Crippen LogP contribution in [0.1, 0.15) is 5.56 Å². The van der Waals surface area contributed by atoms with Crippen LogP contribution in [0.25, 0.3) is 0 Å². The fourth-order valence-corrected chi connectivity index (χ4v) is 1.99. The highest BCUT2D eigenvalue weighted by molar-refractivity contribution is 9.10. The normalized spacial score (nSPS) is 10.4. The second-order valence-electron chi connectivity index (χ2n) is 3.70. The fourth-order valence-electron chi connectivity index (χ4n) is 1.51. The highest BCUT2D eigenvalue weighted by Crippen LogP contribution is 2.25. The molecule has 0 fully saturated rings. The van der Waals surface area contributed by atoms with E-state index in [1.165, 1.54) is 12.1 Å². The molecule has 2 aromatic carbocycles. The highest BCUT2D eigenvalue weighted by atomic mass is 79.9. The van der Waals surface area contributed by atoms with Gasteiger partial charge in [-0.05, 0) is 45.8 Å². The molecule has 0 saturated carbocycles. The summed E-state index contributed by atoms with van der Waals surface area (Å²) in [5, 5.41) is 2.83. The molecule has 0 saturated heterocycles. The zero-order chi connectivity index (χ0) is 13.1. The van der Waals surface area contributed by atoms with Crippen LogP contribution in [0, 0.1) is 17.5 Å². The predicted molar refractivity (Wildman–Crippen MR) is 67.8 cm³/mol. The maximum atomic E-state index is 13.5. The highest BCUT2D eigenvalue weighted by Gasteiger charge is 2.07. The molecule has 0 radical (unpaired) electrons. The van der Waals surface area contributed by atoms with Crippen LogP contribution in [0.3, 0.4) is 0 Å². The summed E-state index contributed by atoms with van der Waals surface area (Å²) >= 11 is 3.21. The molecule has 0 atom stereocenters. The van der Waals surface area contributed by atoms with Crippen molar-refractivity contribution in [3.8, 4) is 0 Å². The van der Waals surface area contributed by atoms with E-state index < -0.39 is 17.5 Å². The van der Waals surface area contributed by atoms with E-state index in [0.29, 0.717) is 15.7 Å². The van der Waals surface area contributed by atoms with E-state index in [4.69, 9.17) is 0 Å². The number of para-hydroxylation sites is 1. The summed E-state index contributed by atoms with van der Waals surface area (Å²) in [4.78, 5) is 0. The van der Waals surface area contributed by atoms with Crippen molar-refractivity contribution in [2.45, 2.75) is 6.54 Å². The maximum Gasteiger partial charge on any atom is 0.159 e. The fraction of sp³-hybridized carbons (Fsp3) is 0.0769. The summed E-state index contributed by atoms with van der Waals surface area (Å²) in [7, 11) is 0. The second kappa shape index (κ2) is 5.44. The van der Waals surface area contributed by atoms with Gasteiger partial charge in [-0.3, -0.25) is 0 Å². The Kier molecular flexibility index (Phi) is 3.91. The van der Waals surface area contributed by atoms with Crippen molar-refractivity contribution >= 4 is 21.6 Å². The van der Waals surface area contributed by atoms with E-state index in [1.807, 2.05) is 0 Å². The van der Waals surface area contributed by atoms with Crippen molar-refractivity contribution in [3.63, 3.8) is 0 Å². The third-order valence-electron chi connectivity index (χ3n) is 2.42. The molecule has 0 bridgehead atoms. The Bertz CT molecular complexity index is 552. The molecule has 2 rings (SSSR count). The van der Waals surface area contributed by atoms with Crippen molar-refractivity contribution in [1.82, 2.24) is 0 Å². The lowest BCUT2D eigenvalue weighted by molar-refractivity contribution is 0.507. The zero-order valence-corrected chi connectivity index (χ0v) is 10.8. The van der Waals surface area contributed by atoms with Crippen molar-refractivity contribution < 1.29 is 13.2 Å². The molecule has 5 heteroatoms. The standard InChI is InChI=1S/C13H9BrF3N/c14-9-2-1-3-11(16)13(9)18-7-8-4-5-10(15)12(17)6-8/h1-6,18H,7H2. The van der Waals surface area contributed by atoms with Gasteiger partial charge in [0.1, 0.15) is 5.82 Å². The number of benzene rings is 2. The lowest BCUT2D eigenvalue weighted by Crippen LogP contribution is -2.03. The van der Waals surface area contributed by atoms with Gasteiger partial charge in [0.25, 0.3) is 0 Å². The first-order valence-corrected chi connectivity index (χ1v) is 5.99. The monoisotopic (exact) mass is 315 g/mol. The first-order chi connectivity index (χ1) is 8.58. The van der Waals surface area contributed by atoms with Crippen LogP contribution in [0.4, 0.5) is 18.9 Å². The van der Waals surface area contributed by atoms with Crippen LogP contribution in [0.15, 0.2) is 40.9 Å². The van der Waals surface area contributed by atoms with E-state index in [2.05, 4.69) is 21.2 Å². The summed E-state index contributed by atoms with van der Waals surface area (Å²) in [5.74, 6) is -2.22. The Morgan fingerprint density at radius 1 is 0.944 bits per heavy atom. The molecule has 1 nitrogen and oxygen atoms in total. The summed E-state index contributed by atoms with van der Waals surface area (Å²) in [6.07, 6.45) is 0. The molecule has 0 aliphatic heterocycles. The van der Waals surface area contributed by atoms with Crippen LogP contribution >= 0.6 is 15.9 Å². The Morgan fingerprint density at radius 2 is 1.72 bits per heavy atom. The van der Waals surface area contributed by atoms with Crippen LogP contribution in [0.5, 0.6) is 0 Å². The lowest BCUT2D eigenvalue weighted by Gasteiger charge is -2.09. The molecule has 0 heterocycles. The molecule has 94 valence electrons. The molecular weight excluding hydrogens is 307 g/mol. The molecule has 18 heavy (non-hydrogen) atoms. The van der Waals surface area contributed by atoms with Crippen LogP contribution in [-0.2, 0) is 6.54 Å². The van der Waals surface area contributed by atoms with E-state index in [-0.39, 0.29) is 6.54 Å². The molecule has 0 aliphatic carbocycles. The number of nitrogens with one attached hydrogen (secondary N) is 1. The molecule has 0 amide bonds. The molecule has 0 spiro atoms. The molecular formula is C13H9BrF3N. The van der Waals surface area contributed by atoms with Gasteiger partial charge in [-0.15, -0.1) is 0 Å². The quantitative estimate of drug-likeness (QED) is 0.880. The average molecular weight is 316 g/mol. The van der Waals surface area contributed by atoms with Gasteiger partial charge in [-0.1, -0.05) is 12.1 Å². The third kappa shape index (κ3) is 2.85. The van der Waals surface area contributed by atoms with Gasteiger partial charge < -0.3 is 5.32 Å². The number of hydrogen-bond acceptors (Lipinski definition) is 1. The van der Waals surface area contributed by atoms with E-state index in [9.17, 15) is 13.2 Å². The van der Waals surface area contributed by atoms with Gasteiger partial charge in [0.05, 0.1) is 5.69 Å². The smallest absolute Gasteiger partial charge is 0.159 e. The molecule has 2 aromatic rings. The molecule has 0 aromatic heterocycles. The van der Waals surface area contributed by atoms with Gasteiger partial charge in [-0.2, -0.15) is 0 Å². The first-order valence-electron chi connectivity index (χ1n) is 5.20. The van der Waals surface area contributed by atoms with Gasteiger partial charge in [0.2, 0.25) is 0 Å². The Labute approximate surface area is 111 Å². The Morgan fingerprint density at radius 3 is 2.39 bits per heavy atom. The minimum Gasteiger partial charge on any atom is -0.378 e. The molecule has 1 N–H and O–H groups in total. The van der Waals surface area contributed by atoms with Gasteiger partial charge >= 0.3 is 0 Å². The number of anilines is 1. The summed E-state index contributed by atoms with van der Waals surface area (Å²) in [6, 6.07) is 8.15. The first kappa shape index (κ1) is 13.0. The van der Waals surface area contributed by atoms with Crippen LogP contribution in [-0.4, -0.2) is 0 Å². The lowest BCUT2D eigenvalue weighted by atomic mass is 10.2. The minimum absolute atomic E-state index is 0.205. The minimum atomic E-state index is -0.915. The molecule has 0 unspecified atom stereocenters. The Balaban J connectivity index is 2.14. The van der Waals surface area contributed by atoms with Gasteiger partial charge in [-0.25, -0.2) is 13.2 Å². The van der Waals surface area contributed by atoms with Crippen LogP contribution in [0.2, 0.25) is 0 Å². The van der Waals surface area contributed by atoms with Crippen molar-refractivity contribution in [3.05, 3.63) is 63.9 Å². The number of rotatable bonds is 3. The largest absolute Gasteiger partial charge is 0.378 e. The number of halogens is 4. The van der Waals surface area contributed by atoms with Crippen molar-refractivity contribution in [2.75, 3.05) is 5.32 Å². The van der Waals surface area contributed by atoms with Gasteiger partial charge in [0, 0.05) is 11.0 Å². The topological polar surface area (TPSA) is 12.0 Å². The van der Waals surface area contributed by atoms with Crippen LogP contribution < -0.4 is 5.32 Å². The van der Waals surface area contributed by atoms with Crippen molar-refractivity contribution in [1.29, 1.82) is 0 Å². The average Bonchev–Trinajstić information content (AvgIpc) is 2.33. The maximum absolute atomic E-state index is 13.5. The second-order valence-corrected chi connectivity index (χ2v) is 4.55. The Hall–Kier alpha value is -1.49.